The average molecular weight is 357 g/mol. The molecule has 1 aliphatic rings. The van der Waals surface area contributed by atoms with Crippen LogP contribution in [0.5, 0.6) is 0 Å². The number of aliphatic hydroxyl groups is 2. The number of aliphatic hydroxyl groups excluding tert-OH is 2. The van der Waals surface area contributed by atoms with Gasteiger partial charge in [-0.05, 0) is 18.8 Å². The molecule has 9 heteroatoms. The van der Waals surface area contributed by atoms with E-state index in [0.717, 1.165) is 23.6 Å². The van der Waals surface area contributed by atoms with Gasteiger partial charge in [0, 0.05) is 6.20 Å². The average Bonchev–Trinajstić information content (AvgIpc) is 2.82. The van der Waals surface area contributed by atoms with Crippen LogP contribution in [-0.4, -0.2) is 44.7 Å². The predicted molar refractivity (Wildman–Crippen MR) is 87.8 cm³/mol. The van der Waals surface area contributed by atoms with Crippen molar-refractivity contribution in [1.29, 1.82) is 0 Å². The Morgan fingerprint density at radius 1 is 1.44 bits per heavy atom. The largest absolute Gasteiger partial charge is 0.449 e. The molecule has 0 radical (unpaired) electrons. The molecule has 0 spiro atoms. The molecule has 0 bridgehead atoms. The molecule has 1 fully saturated rings. The Morgan fingerprint density at radius 2 is 2.16 bits per heavy atom. The number of amides is 1. The second-order valence-electron chi connectivity index (χ2n) is 6.36. The van der Waals surface area contributed by atoms with Gasteiger partial charge in [-0.25, -0.2) is 14.0 Å². The third kappa shape index (κ3) is 4.55. The van der Waals surface area contributed by atoms with E-state index in [0.29, 0.717) is 12.8 Å². The molecule has 0 aromatic carbocycles. The fourth-order valence-corrected chi connectivity index (χ4v) is 2.92. The lowest BCUT2D eigenvalue weighted by atomic mass is 10.1. The number of nitrogens with one attached hydrogen (secondary N) is 1. The van der Waals surface area contributed by atoms with Crippen molar-refractivity contribution in [2.75, 3.05) is 11.9 Å². The van der Waals surface area contributed by atoms with Gasteiger partial charge in [0.05, 0.1) is 18.8 Å². The number of unbranched alkanes of at least 4 members (excludes halogenated alkanes) is 2. The molecule has 1 amide bonds. The van der Waals surface area contributed by atoms with Gasteiger partial charge in [0.1, 0.15) is 6.10 Å². The summed E-state index contributed by atoms with van der Waals surface area (Å²) in [6, 6.07) is -0.769. The number of hydrogen-bond donors (Lipinski definition) is 3. The van der Waals surface area contributed by atoms with Crippen LogP contribution in [0.3, 0.4) is 0 Å². The molecule has 4 atom stereocenters. The van der Waals surface area contributed by atoms with Gasteiger partial charge >= 0.3 is 11.8 Å². The zero-order valence-electron chi connectivity index (χ0n) is 14.3. The van der Waals surface area contributed by atoms with E-state index in [1.807, 2.05) is 6.92 Å². The van der Waals surface area contributed by atoms with Gasteiger partial charge in [0.15, 0.2) is 11.6 Å². The Hall–Kier alpha value is -2.00. The maximum Gasteiger partial charge on any atom is 0.412 e. The van der Waals surface area contributed by atoms with Crippen LogP contribution in [0.2, 0.25) is 0 Å². The summed E-state index contributed by atoms with van der Waals surface area (Å²) in [5.41, 5.74) is -0.826. The summed E-state index contributed by atoms with van der Waals surface area (Å²) < 4.78 is 20.0. The standard InChI is InChI=1S/C16H24FN3O5/c1-3-4-5-6-25-16(24)19-14-10(17)8-20(15(23)18-14)11-7-9(2)12(21)13(11)22/h8-9,11-13,21-22H,3-7H2,1-2H3,(H,18,19,23,24)/t9-,11+,12+,13-/m0/s1. The number of anilines is 1. The first-order chi connectivity index (χ1) is 11.8. The minimum Gasteiger partial charge on any atom is -0.449 e. The van der Waals surface area contributed by atoms with Gasteiger partial charge in [-0.2, -0.15) is 4.98 Å². The van der Waals surface area contributed by atoms with Crippen LogP contribution in [0.15, 0.2) is 11.0 Å². The zero-order valence-corrected chi connectivity index (χ0v) is 14.3. The minimum atomic E-state index is -1.18. The van der Waals surface area contributed by atoms with E-state index in [9.17, 15) is 24.2 Å². The highest BCUT2D eigenvalue weighted by molar-refractivity contribution is 5.83. The highest BCUT2D eigenvalue weighted by Crippen LogP contribution is 2.34. The van der Waals surface area contributed by atoms with E-state index < -0.39 is 41.7 Å². The summed E-state index contributed by atoms with van der Waals surface area (Å²) in [7, 11) is 0. The molecule has 140 valence electrons. The second-order valence-corrected chi connectivity index (χ2v) is 6.36. The Labute approximate surface area is 144 Å². The Morgan fingerprint density at radius 3 is 2.76 bits per heavy atom. The molecule has 1 aromatic rings. The number of halogens is 1. The van der Waals surface area contributed by atoms with Crippen LogP contribution in [0.4, 0.5) is 15.0 Å². The third-order valence-corrected chi connectivity index (χ3v) is 4.41. The van der Waals surface area contributed by atoms with Crippen molar-refractivity contribution in [3.8, 4) is 0 Å². The Kier molecular flexibility index (Phi) is 6.49. The summed E-state index contributed by atoms with van der Waals surface area (Å²) in [4.78, 5) is 27.2. The predicted octanol–water partition coefficient (Wildman–Crippen LogP) is 1.42. The topological polar surface area (TPSA) is 114 Å². The summed E-state index contributed by atoms with van der Waals surface area (Å²) in [5.74, 6) is -1.68. The highest BCUT2D eigenvalue weighted by atomic mass is 19.1. The van der Waals surface area contributed by atoms with Gasteiger partial charge < -0.3 is 14.9 Å². The zero-order chi connectivity index (χ0) is 18.6. The lowest BCUT2D eigenvalue weighted by Crippen LogP contribution is -2.35. The van der Waals surface area contributed by atoms with Crippen molar-refractivity contribution in [1.82, 2.24) is 9.55 Å². The maximum atomic E-state index is 14.2. The van der Waals surface area contributed by atoms with Crippen LogP contribution in [0, 0.1) is 11.7 Å². The van der Waals surface area contributed by atoms with Crippen molar-refractivity contribution < 1.29 is 24.1 Å². The van der Waals surface area contributed by atoms with Gasteiger partial charge in [-0.1, -0.05) is 26.7 Å². The van der Waals surface area contributed by atoms with E-state index >= 15 is 0 Å². The van der Waals surface area contributed by atoms with Crippen molar-refractivity contribution in [2.24, 2.45) is 5.92 Å². The monoisotopic (exact) mass is 357 g/mol. The van der Waals surface area contributed by atoms with Crippen LogP contribution in [0.1, 0.15) is 45.6 Å². The molecular weight excluding hydrogens is 333 g/mol. The third-order valence-electron chi connectivity index (χ3n) is 4.41. The fraction of sp³-hybridized carbons (Fsp3) is 0.688. The van der Waals surface area contributed by atoms with Crippen molar-refractivity contribution >= 4 is 11.9 Å². The first kappa shape index (κ1) is 19.3. The first-order valence-electron chi connectivity index (χ1n) is 8.43. The quantitative estimate of drug-likeness (QED) is 0.664. The fourth-order valence-electron chi connectivity index (χ4n) is 2.92. The van der Waals surface area contributed by atoms with E-state index in [-0.39, 0.29) is 12.5 Å². The van der Waals surface area contributed by atoms with Crippen LogP contribution < -0.4 is 11.0 Å². The number of nitrogens with zero attached hydrogens (tertiary/aromatic N) is 2. The lowest BCUT2D eigenvalue weighted by molar-refractivity contribution is 0.00835. The van der Waals surface area contributed by atoms with Crippen molar-refractivity contribution in [2.45, 2.75) is 57.8 Å². The smallest absolute Gasteiger partial charge is 0.412 e. The van der Waals surface area contributed by atoms with E-state index in [1.165, 1.54) is 0 Å². The van der Waals surface area contributed by atoms with Gasteiger partial charge in [0.25, 0.3) is 0 Å². The maximum absolute atomic E-state index is 14.2. The number of aromatic nitrogens is 2. The molecule has 3 N–H and O–H groups in total. The van der Waals surface area contributed by atoms with Crippen molar-refractivity contribution in [3.05, 3.63) is 22.5 Å². The van der Waals surface area contributed by atoms with Crippen LogP contribution in [0.25, 0.3) is 0 Å². The number of ether oxygens (including phenoxy) is 1. The van der Waals surface area contributed by atoms with Crippen LogP contribution >= 0.6 is 0 Å². The summed E-state index contributed by atoms with van der Waals surface area (Å²) in [6.45, 7) is 3.94. The molecule has 0 aliphatic heterocycles. The molecule has 0 saturated heterocycles. The minimum absolute atomic E-state index is 0.197. The highest BCUT2D eigenvalue weighted by Gasteiger charge is 2.40. The van der Waals surface area contributed by atoms with E-state index in [1.54, 1.807) is 6.92 Å². The number of carbonyl (C=O) groups excluding carboxylic acids is 1. The molecule has 1 aliphatic carbocycles. The molecular formula is C16H24FN3O5. The van der Waals surface area contributed by atoms with E-state index in [2.05, 4.69) is 10.3 Å². The molecule has 25 heavy (non-hydrogen) atoms. The first-order valence-corrected chi connectivity index (χ1v) is 8.43. The van der Waals surface area contributed by atoms with Gasteiger partial charge in [0.2, 0.25) is 0 Å². The molecule has 1 aromatic heterocycles. The summed E-state index contributed by atoms with van der Waals surface area (Å²) in [5, 5.41) is 21.9. The van der Waals surface area contributed by atoms with Gasteiger partial charge in [-0.15, -0.1) is 0 Å². The molecule has 1 saturated carbocycles. The van der Waals surface area contributed by atoms with Gasteiger partial charge in [-0.3, -0.25) is 9.88 Å². The number of carbonyl (C=O) groups is 1. The van der Waals surface area contributed by atoms with Crippen molar-refractivity contribution in [3.63, 3.8) is 0 Å². The SMILES string of the molecule is CCCCCOC(=O)Nc1nc(=O)n([C@@H]2C[C@H](C)[C@@H](O)[C@H]2O)cc1F. The number of hydrogen-bond acceptors (Lipinski definition) is 6. The molecule has 2 rings (SSSR count). The van der Waals surface area contributed by atoms with E-state index in [4.69, 9.17) is 4.74 Å². The number of rotatable bonds is 6. The molecule has 0 unspecified atom stereocenters. The molecule has 1 heterocycles. The Balaban J connectivity index is 2.07. The summed E-state index contributed by atoms with van der Waals surface area (Å²) >= 11 is 0. The normalized spacial score (nSPS) is 25.8. The molecule has 8 nitrogen and oxygen atoms in total. The second kappa shape index (κ2) is 8.39. The lowest BCUT2D eigenvalue weighted by Gasteiger charge is -2.19. The Bertz CT molecular complexity index is 666. The van der Waals surface area contributed by atoms with Crippen LogP contribution in [-0.2, 0) is 4.74 Å². The summed E-state index contributed by atoms with van der Waals surface area (Å²) in [6.07, 6.45) is 0.707.